The molecule has 0 spiro atoms. The van der Waals surface area contributed by atoms with Crippen LogP contribution in [0.15, 0.2) is 0 Å². The summed E-state index contributed by atoms with van der Waals surface area (Å²) in [5.74, 6) is -1.17. The van der Waals surface area contributed by atoms with Crippen molar-refractivity contribution in [2.45, 2.75) is 11.7 Å². The summed E-state index contributed by atoms with van der Waals surface area (Å²) in [6.45, 7) is -0.520. The van der Waals surface area contributed by atoms with Crippen LogP contribution in [0.1, 0.15) is 6.42 Å². The quantitative estimate of drug-likeness (QED) is 0.440. The third-order valence-corrected chi connectivity index (χ3v) is 2.26. The number of aliphatic hydroxyl groups excluding tert-OH is 1. The van der Waals surface area contributed by atoms with Crippen molar-refractivity contribution < 1.29 is 22.9 Å². The van der Waals surface area contributed by atoms with Gasteiger partial charge in [0, 0.05) is 6.61 Å². The number of carbonyl (C=O) groups is 1. The molecule has 0 aliphatic carbocycles. The third-order valence-electron chi connectivity index (χ3n) is 1.07. The molecule has 0 aromatic carbocycles. The maximum absolute atomic E-state index is 10.3. The first kappa shape index (κ1) is 10.3. The van der Waals surface area contributed by atoms with E-state index in [0.29, 0.717) is 0 Å². The topological polar surface area (TPSA) is 118 Å². The van der Waals surface area contributed by atoms with Crippen LogP contribution in [0.4, 0.5) is 0 Å². The molecule has 0 rings (SSSR count). The van der Waals surface area contributed by atoms with E-state index in [-0.39, 0.29) is 6.42 Å². The summed E-state index contributed by atoms with van der Waals surface area (Å²) in [7, 11) is -4.46. The molecule has 0 saturated carbocycles. The van der Waals surface area contributed by atoms with Crippen molar-refractivity contribution in [2.75, 3.05) is 6.61 Å². The average Bonchev–Trinajstić information content (AvgIpc) is 1.79. The first-order valence-electron chi connectivity index (χ1n) is 2.76. The van der Waals surface area contributed by atoms with E-state index >= 15 is 0 Å². The fraction of sp³-hybridized carbons (Fsp3) is 0.750. The maximum atomic E-state index is 10.3. The van der Waals surface area contributed by atoms with Gasteiger partial charge in [-0.05, 0) is 6.42 Å². The third kappa shape index (κ3) is 3.30. The summed E-state index contributed by atoms with van der Waals surface area (Å²) in [6, 6.07) is 0. The number of hydrogen-bond acceptors (Lipinski definition) is 4. The van der Waals surface area contributed by atoms with Gasteiger partial charge in [-0.15, -0.1) is 0 Å². The summed E-state index contributed by atoms with van der Waals surface area (Å²) < 4.78 is 29.0. The van der Waals surface area contributed by atoms with Crippen LogP contribution in [0, 0.1) is 0 Å². The molecule has 0 aromatic heterocycles. The van der Waals surface area contributed by atoms with Gasteiger partial charge in [0.15, 0.2) is 5.25 Å². The van der Waals surface area contributed by atoms with Gasteiger partial charge in [0.25, 0.3) is 10.1 Å². The van der Waals surface area contributed by atoms with Crippen LogP contribution in [0.3, 0.4) is 0 Å². The van der Waals surface area contributed by atoms with Crippen LogP contribution in [-0.2, 0) is 14.9 Å². The SMILES string of the molecule is NC(=O)C(CCO)S(=O)(=O)O. The second-order valence-corrected chi connectivity index (χ2v) is 3.52. The average molecular weight is 183 g/mol. The molecule has 0 aromatic rings. The van der Waals surface area contributed by atoms with E-state index in [9.17, 15) is 13.2 Å². The molecule has 11 heavy (non-hydrogen) atoms. The molecular weight excluding hydrogens is 174 g/mol. The van der Waals surface area contributed by atoms with Crippen LogP contribution >= 0.6 is 0 Å². The Hall–Kier alpha value is -0.660. The van der Waals surface area contributed by atoms with E-state index in [2.05, 4.69) is 5.73 Å². The number of amides is 1. The molecule has 0 fully saturated rings. The second kappa shape index (κ2) is 3.65. The summed E-state index contributed by atoms with van der Waals surface area (Å²) in [5.41, 5.74) is 4.62. The Balaban J connectivity index is 4.49. The van der Waals surface area contributed by atoms with Gasteiger partial charge in [-0.2, -0.15) is 8.42 Å². The van der Waals surface area contributed by atoms with Gasteiger partial charge in [0.1, 0.15) is 0 Å². The number of hydrogen-bond donors (Lipinski definition) is 3. The van der Waals surface area contributed by atoms with Gasteiger partial charge in [-0.1, -0.05) is 0 Å². The highest BCUT2D eigenvalue weighted by molar-refractivity contribution is 7.87. The second-order valence-electron chi connectivity index (χ2n) is 1.92. The van der Waals surface area contributed by atoms with Crippen molar-refractivity contribution in [2.24, 2.45) is 5.73 Å². The van der Waals surface area contributed by atoms with E-state index in [0.717, 1.165) is 0 Å². The summed E-state index contributed by atoms with van der Waals surface area (Å²) in [6.07, 6.45) is -0.381. The van der Waals surface area contributed by atoms with E-state index < -0.39 is 27.9 Å². The Morgan fingerprint density at radius 3 is 2.09 bits per heavy atom. The van der Waals surface area contributed by atoms with E-state index in [1.54, 1.807) is 0 Å². The van der Waals surface area contributed by atoms with Gasteiger partial charge in [0.05, 0.1) is 0 Å². The standard InChI is InChI=1S/C4H9NO5S/c5-4(7)3(1-2-6)11(8,9)10/h3,6H,1-2H2,(H2,5,7)(H,8,9,10). The minimum Gasteiger partial charge on any atom is -0.396 e. The van der Waals surface area contributed by atoms with Crippen LogP contribution in [-0.4, -0.2) is 35.8 Å². The van der Waals surface area contributed by atoms with Gasteiger partial charge < -0.3 is 10.8 Å². The van der Waals surface area contributed by atoms with Crippen molar-refractivity contribution in [3.8, 4) is 0 Å². The van der Waals surface area contributed by atoms with Gasteiger partial charge in [-0.25, -0.2) is 0 Å². The minimum absolute atomic E-state index is 0.381. The number of rotatable bonds is 4. The molecule has 4 N–H and O–H groups in total. The molecule has 0 bridgehead atoms. The molecule has 0 radical (unpaired) electrons. The molecule has 0 saturated heterocycles. The number of primary amides is 1. The molecule has 1 unspecified atom stereocenters. The number of aliphatic hydroxyl groups is 1. The monoisotopic (exact) mass is 183 g/mol. The summed E-state index contributed by atoms with van der Waals surface area (Å²) >= 11 is 0. The first-order valence-corrected chi connectivity index (χ1v) is 4.26. The van der Waals surface area contributed by atoms with Gasteiger partial charge in [-0.3, -0.25) is 9.35 Å². The van der Waals surface area contributed by atoms with Crippen molar-refractivity contribution in [1.29, 1.82) is 0 Å². The van der Waals surface area contributed by atoms with E-state index in [1.165, 1.54) is 0 Å². The Morgan fingerprint density at radius 2 is 2.00 bits per heavy atom. The molecule has 7 heteroatoms. The molecule has 0 aliphatic rings. The van der Waals surface area contributed by atoms with Crippen LogP contribution < -0.4 is 5.73 Å². The molecular formula is C4H9NO5S. The minimum atomic E-state index is -4.46. The Bertz CT molecular complexity index is 233. The summed E-state index contributed by atoms with van der Waals surface area (Å²) in [4.78, 5) is 10.3. The van der Waals surface area contributed by atoms with Crippen LogP contribution in [0.2, 0.25) is 0 Å². The normalized spacial score (nSPS) is 14.4. The van der Waals surface area contributed by atoms with E-state index in [1.807, 2.05) is 0 Å². The predicted octanol–water partition coefficient (Wildman–Crippen LogP) is -1.89. The molecule has 1 atom stereocenters. The zero-order chi connectivity index (χ0) is 9.07. The zero-order valence-corrected chi connectivity index (χ0v) is 6.41. The van der Waals surface area contributed by atoms with Crippen molar-refractivity contribution in [3.63, 3.8) is 0 Å². The summed E-state index contributed by atoms with van der Waals surface area (Å²) in [5, 5.41) is 6.56. The lowest BCUT2D eigenvalue weighted by atomic mass is 10.3. The molecule has 0 aliphatic heterocycles. The van der Waals surface area contributed by atoms with Gasteiger partial charge >= 0.3 is 0 Å². The Kier molecular flexibility index (Phi) is 3.43. The smallest absolute Gasteiger partial charge is 0.277 e. The number of carbonyl (C=O) groups excluding carboxylic acids is 1. The maximum Gasteiger partial charge on any atom is 0.277 e. The number of nitrogens with two attached hydrogens (primary N) is 1. The molecule has 0 heterocycles. The highest BCUT2D eigenvalue weighted by Gasteiger charge is 2.27. The van der Waals surface area contributed by atoms with Crippen molar-refractivity contribution in [3.05, 3.63) is 0 Å². The molecule has 1 amide bonds. The molecule has 6 nitrogen and oxygen atoms in total. The highest BCUT2D eigenvalue weighted by atomic mass is 32.2. The van der Waals surface area contributed by atoms with Crippen molar-refractivity contribution in [1.82, 2.24) is 0 Å². The lowest BCUT2D eigenvalue weighted by Gasteiger charge is -2.06. The predicted molar refractivity (Wildman–Crippen MR) is 36.2 cm³/mol. The van der Waals surface area contributed by atoms with Gasteiger partial charge in [0.2, 0.25) is 5.91 Å². The lowest BCUT2D eigenvalue weighted by Crippen LogP contribution is -2.36. The Morgan fingerprint density at radius 1 is 1.55 bits per heavy atom. The van der Waals surface area contributed by atoms with E-state index in [4.69, 9.17) is 9.66 Å². The fourth-order valence-corrected chi connectivity index (χ4v) is 1.25. The largest absolute Gasteiger partial charge is 0.396 e. The lowest BCUT2D eigenvalue weighted by molar-refractivity contribution is -0.118. The fourth-order valence-electron chi connectivity index (χ4n) is 0.555. The Labute approximate surface area is 63.8 Å². The molecule has 66 valence electrons. The van der Waals surface area contributed by atoms with Crippen LogP contribution in [0.5, 0.6) is 0 Å². The highest BCUT2D eigenvalue weighted by Crippen LogP contribution is 2.01. The zero-order valence-electron chi connectivity index (χ0n) is 5.60. The van der Waals surface area contributed by atoms with Crippen molar-refractivity contribution >= 4 is 16.0 Å². The van der Waals surface area contributed by atoms with Crippen LogP contribution in [0.25, 0.3) is 0 Å². The first-order chi connectivity index (χ1) is 4.89.